The largest absolute Gasteiger partial charge is 0.288 e. The van der Waals surface area contributed by atoms with Gasteiger partial charge in [0.15, 0.2) is 11.4 Å². The zero-order valence-electron chi connectivity index (χ0n) is 15.9. The first-order chi connectivity index (χ1) is 14.4. The first-order valence-corrected chi connectivity index (χ1v) is 10.8. The second-order valence-corrected chi connectivity index (χ2v) is 8.56. The number of fused-ring (bicyclic) bond motifs is 1. The zero-order chi connectivity index (χ0) is 21.3. The van der Waals surface area contributed by atoms with E-state index in [1.807, 2.05) is 6.07 Å². The van der Waals surface area contributed by atoms with Crippen LogP contribution in [0.3, 0.4) is 0 Å². The number of aromatic nitrogens is 3. The summed E-state index contributed by atoms with van der Waals surface area (Å²) in [6.45, 7) is 1.56. The minimum atomic E-state index is -3.41. The summed E-state index contributed by atoms with van der Waals surface area (Å²) in [5.74, 6) is -0.783. The average molecular weight is 424 g/mol. The Labute approximate surface area is 172 Å². The van der Waals surface area contributed by atoms with Gasteiger partial charge in [-0.1, -0.05) is 12.1 Å². The van der Waals surface area contributed by atoms with E-state index in [4.69, 9.17) is 0 Å². The predicted octanol–water partition coefficient (Wildman–Crippen LogP) is 3.53. The Bertz CT molecular complexity index is 1350. The summed E-state index contributed by atoms with van der Waals surface area (Å²) in [5.41, 5.74) is 2.72. The molecule has 0 amide bonds. The Morgan fingerprint density at radius 2 is 1.90 bits per heavy atom. The molecule has 2 heterocycles. The zero-order valence-corrected chi connectivity index (χ0v) is 16.7. The Hall–Kier alpha value is -3.59. The number of benzene rings is 2. The fourth-order valence-electron chi connectivity index (χ4n) is 3.02. The third-order valence-corrected chi connectivity index (χ3v) is 5.87. The molecule has 4 aromatic rings. The minimum Gasteiger partial charge on any atom is -0.288 e. The fraction of sp³-hybridized carbons (Fsp3) is 0.0952. The minimum absolute atomic E-state index is 0.0370. The molecule has 4 rings (SSSR count). The van der Waals surface area contributed by atoms with Crippen LogP contribution in [0.2, 0.25) is 0 Å². The molecule has 0 bridgehead atoms. The highest BCUT2D eigenvalue weighted by molar-refractivity contribution is 7.92. The number of nitrogens with one attached hydrogen (secondary N) is 1. The summed E-state index contributed by atoms with van der Waals surface area (Å²) in [6, 6.07) is 13.9. The maximum absolute atomic E-state index is 13.2. The monoisotopic (exact) mass is 424 g/mol. The van der Waals surface area contributed by atoms with Gasteiger partial charge in [-0.05, 0) is 49.4 Å². The summed E-state index contributed by atoms with van der Waals surface area (Å²) < 4.78 is 40.9. The summed E-state index contributed by atoms with van der Waals surface area (Å²) in [4.78, 5) is 17.1. The van der Waals surface area contributed by atoms with E-state index >= 15 is 0 Å². The van der Waals surface area contributed by atoms with E-state index in [1.54, 1.807) is 37.4 Å². The number of carbonyl (C=O) groups excluding carboxylic acids is 1. The SMILES string of the molecule is CCS(=O)(=O)Nc1cccc(-c2ccnc3c(C(=O)c4ccc(F)cc4)cnn23)c1. The van der Waals surface area contributed by atoms with Crippen molar-refractivity contribution in [1.29, 1.82) is 0 Å². The summed E-state index contributed by atoms with van der Waals surface area (Å²) in [6.07, 6.45) is 2.97. The van der Waals surface area contributed by atoms with Gasteiger partial charge in [-0.2, -0.15) is 5.10 Å². The molecule has 2 aromatic carbocycles. The van der Waals surface area contributed by atoms with Gasteiger partial charge in [0.2, 0.25) is 10.0 Å². The Morgan fingerprint density at radius 1 is 1.13 bits per heavy atom. The van der Waals surface area contributed by atoms with Crippen LogP contribution >= 0.6 is 0 Å². The van der Waals surface area contributed by atoms with Crippen LogP contribution in [0.15, 0.2) is 67.0 Å². The predicted molar refractivity (Wildman–Crippen MR) is 111 cm³/mol. The molecule has 7 nitrogen and oxygen atoms in total. The molecule has 0 fully saturated rings. The van der Waals surface area contributed by atoms with Crippen LogP contribution in [0.5, 0.6) is 0 Å². The van der Waals surface area contributed by atoms with Crippen molar-refractivity contribution in [2.45, 2.75) is 6.92 Å². The molecule has 0 radical (unpaired) electrons. The Kier molecular flexibility index (Phi) is 5.04. The number of anilines is 1. The number of carbonyl (C=O) groups is 1. The molecule has 2 aromatic heterocycles. The van der Waals surface area contributed by atoms with Crippen LogP contribution < -0.4 is 4.72 Å². The van der Waals surface area contributed by atoms with Crippen LogP contribution in [0.4, 0.5) is 10.1 Å². The van der Waals surface area contributed by atoms with Crippen molar-refractivity contribution in [2.75, 3.05) is 10.5 Å². The van der Waals surface area contributed by atoms with Gasteiger partial charge in [0.05, 0.1) is 23.2 Å². The summed E-state index contributed by atoms with van der Waals surface area (Å²) >= 11 is 0. The lowest BCUT2D eigenvalue weighted by Crippen LogP contribution is -2.14. The first kappa shape index (κ1) is 19.7. The van der Waals surface area contributed by atoms with E-state index in [2.05, 4.69) is 14.8 Å². The molecule has 9 heteroatoms. The standard InChI is InChI=1S/C21H17FN4O3S/c1-2-30(28,29)25-17-5-3-4-15(12-17)19-10-11-23-21-18(13-24-26(19)21)20(27)14-6-8-16(22)9-7-14/h3-13,25H,2H2,1H3. The lowest BCUT2D eigenvalue weighted by molar-refractivity contribution is 0.104. The van der Waals surface area contributed by atoms with Gasteiger partial charge < -0.3 is 0 Å². The molecule has 30 heavy (non-hydrogen) atoms. The third-order valence-electron chi connectivity index (χ3n) is 4.56. The average Bonchev–Trinajstić information content (AvgIpc) is 3.18. The molecule has 152 valence electrons. The lowest BCUT2D eigenvalue weighted by Gasteiger charge is -2.09. The molecule has 1 N–H and O–H groups in total. The highest BCUT2D eigenvalue weighted by Gasteiger charge is 2.18. The number of sulfonamides is 1. The Balaban J connectivity index is 1.76. The van der Waals surface area contributed by atoms with Gasteiger partial charge in [-0.15, -0.1) is 0 Å². The van der Waals surface area contributed by atoms with Gasteiger partial charge in [0, 0.05) is 23.0 Å². The van der Waals surface area contributed by atoms with E-state index in [-0.39, 0.29) is 17.1 Å². The number of rotatable bonds is 6. The molecule has 0 saturated carbocycles. The molecule has 0 saturated heterocycles. The van der Waals surface area contributed by atoms with Crippen molar-refractivity contribution >= 4 is 27.1 Å². The van der Waals surface area contributed by atoms with Gasteiger partial charge in [-0.25, -0.2) is 22.3 Å². The van der Waals surface area contributed by atoms with E-state index in [1.165, 1.54) is 35.0 Å². The van der Waals surface area contributed by atoms with Gasteiger partial charge >= 0.3 is 0 Å². The third kappa shape index (κ3) is 3.79. The van der Waals surface area contributed by atoms with Crippen molar-refractivity contribution in [1.82, 2.24) is 14.6 Å². The molecule has 0 aliphatic heterocycles. The number of hydrogen-bond donors (Lipinski definition) is 1. The van der Waals surface area contributed by atoms with E-state index in [0.29, 0.717) is 28.2 Å². The molecule has 0 atom stereocenters. The lowest BCUT2D eigenvalue weighted by atomic mass is 10.1. The molecule has 0 aliphatic carbocycles. The second kappa shape index (κ2) is 7.68. The number of halogens is 1. The second-order valence-electron chi connectivity index (χ2n) is 6.55. The quantitative estimate of drug-likeness (QED) is 0.478. The van der Waals surface area contributed by atoms with Crippen LogP contribution in [-0.4, -0.2) is 34.6 Å². The summed E-state index contributed by atoms with van der Waals surface area (Å²) in [5, 5.41) is 4.30. The van der Waals surface area contributed by atoms with Gasteiger partial charge in [0.1, 0.15) is 5.82 Å². The molecule has 0 unspecified atom stereocenters. The maximum Gasteiger partial charge on any atom is 0.232 e. The normalized spacial score (nSPS) is 11.5. The van der Waals surface area contributed by atoms with E-state index in [9.17, 15) is 17.6 Å². The molecule has 0 aliphatic rings. The van der Waals surface area contributed by atoms with Crippen LogP contribution in [0.25, 0.3) is 16.9 Å². The first-order valence-electron chi connectivity index (χ1n) is 9.12. The summed E-state index contributed by atoms with van der Waals surface area (Å²) in [7, 11) is -3.41. The van der Waals surface area contributed by atoms with Gasteiger partial charge in [0.25, 0.3) is 0 Å². The topological polar surface area (TPSA) is 93.4 Å². The molecule has 0 spiro atoms. The van der Waals surface area contributed by atoms with Crippen molar-refractivity contribution < 1.29 is 17.6 Å². The number of ketones is 1. The number of nitrogens with zero attached hydrogens (tertiary/aromatic N) is 3. The van der Waals surface area contributed by atoms with Crippen molar-refractivity contribution in [3.8, 4) is 11.3 Å². The number of hydrogen-bond acceptors (Lipinski definition) is 5. The highest BCUT2D eigenvalue weighted by Crippen LogP contribution is 2.25. The van der Waals surface area contributed by atoms with Crippen molar-refractivity contribution in [3.63, 3.8) is 0 Å². The van der Waals surface area contributed by atoms with Crippen molar-refractivity contribution in [2.24, 2.45) is 0 Å². The highest BCUT2D eigenvalue weighted by atomic mass is 32.2. The van der Waals surface area contributed by atoms with Crippen molar-refractivity contribution in [3.05, 3.63) is 83.9 Å². The van der Waals surface area contributed by atoms with Gasteiger partial charge in [-0.3, -0.25) is 9.52 Å². The van der Waals surface area contributed by atoms with Crippen LogP contribution in [0.1, 0.15) is 22.8 Å². The van der Waals surface area contributed by atoms with E-state index in [0.717, 1.165) is 0 Å². The van der Waals surface area contributed by atoms with Crippen LogP contribution in [0, 0.1) is 5.82 Å². The maximum atomic E-state index is 13.2. The fourth-order valence-corrected chi connectivity index (χ4v) is 3.65. The van der Waals surface area contributed by atoms with E-state index < -0.39 is 15.8 Å². The Morgan fingerprint density at radius 3 is 2.63 bits per heavy atom. The smallest absolute Gasteiger partial charge is 0.232 e. The molecular formula is C21H17FN4O3S. The van der Waals surface area contributed by atoms with Crippen LogP contribution in [-0.2, 0) is 10.0 Å². The molecular weight excluding hydrogens is 407 g/mol.